The quantitative estimate of drug-likeness (QED) is 0.872. The van der Waals surface area contributed by atoms with Gasteiger partial charge in [0.2, 0.25) is 11.9 Å². The van der Waals surface area contributed by atoms with Crippen LogP contribution in [-0.2, 0) is 4.79 Å². The number of nitrogens with zero attached hydrogens (tertiary/aromatic N) is 3. The standard InChI is InChI=1S/C12H18BrN5O/c1-2-15-12-16-7-9(13)11(17-12)18-5-3-8(4-6-18)10(14)19/h7-8H,2-6H2,1H3,(H2,14,19)(H,15,16,17). The van der Waals surface area contributed by atoms with Crippen molar-refractivity contribution in [3.8, 4) is 0 Å². The minimum absolute atomic E-state index is 0.00917. The van der Waals surface area contributed by atoms with Crippen LogP contribution in [0.2, 0.25) is 0 Å². The zero-order valence-corrected chi connectivity index (χ0v) is 12.5. The summed E-state index contributed by atoms with van der Waals surface area (Å²) < 4.78 is 0.867. The zero-order chi connectivity index (χ0) is 13.8. The molecule has 1 saturated heterocycles. The lowest BCUT2D eigenvalue weighted by atomic mass is 9.96. The molecule has 6 nitrogen and oxygen atoms in total. The van der Waals surface area contributed by atoms with E-state index in [1.165, 1.54) is 0 Å². The number of carbonyl (C=O) groups excluding carboxylic acids is 1. The fourth-order valence-corrected chi connectivity index (χ4v) is 2.64. The summed E-state index contributed by atoms with van der Waals surface area (Å²) >= 11 is 3.48. The predicted octanol–water partition coefficient (Wildman–Crippen LogP) is 1.37. The molecule has 1 fully saturated rings. The lowest BCUT2D eigenvalue weighted by Crippen LogP contribution is -2.39. The van der Waals surface area contributed by atoms with Gasteiger partial charge >= 0.3 is 0 Å². The van der Waals surface area contributed by atoms with Crippen LogP contribution in [0.1, 0.15) is 19.8 Å². The first kappa shape index (κ1) is 14.0. The molecular formula is C12H18BrN5O. The van der Waals surface area contributed by atoms with E-state index in [0.717, 1.165) is 42.8 Å². The lowest BCUT2D eigenvalue weighted by Gasteiger charge is -2.32. The predicted molar refractivity (Wildman–Crippen MR) is 78.0 cm³/mol. The number of hydrogen-bond donors (Lipinski definition) is 2. The molecule has 2 rings (SSSR count). The number of carbonyl (C=O) groups is 1. The molecule has 0 radical (unpaired) electrons. The number of primary amides is 1. The van der Waals surface area contributed by atoms with Crippen molar-refractivity contribution in [1.29, 1.82) is 0 Å². The minimum Gasteiger partial charge on any atom is -0.369 e. The summed E-state index contributed by atoms with van der Waals surface area (Å²) in [5.41, 5.74) is 5.34. The number of hydrogen-bond acceptors (Lipinski definition) is 5. The highest BCUT2D eigenvalue weighted by Gasteiger charge is 2.25. The van der Waals surface area contributed by atoms with Crippen LogP contribution in [0.3, 0.4) is 0 Å². The van der Waals surface area contributed by atoms with Crippen molar-refractivity contribution in [2.24, 2.45) is 11.7 Å². The van der Waals surface area contributed by atoms with Gasteiger partial charge < -0.3 is 16.0 Å². The average Bonchev–Trinajstić information content (AvgIpc) is 2.41. The molecule has 19 heavy (non-hydrogen) atoms. The zero-order valence-electron chi connectivity index (χ0n) is 10.9. The van der Waals surface area contributed by atoms with Gasteiger partial charge in [-0.25, -0.2) is 4.98 Å². The van der Waals surface area contributed by atoms with Crippen LogP contribution in [-0.4, -0.2) is 35.5 Å². The summed E-state index contributed by atoms with van der Waals surface area (Å²) in [7, 11) is 0. The largest absolute Gasteiger partial charge is 0.369 e. The summed E-state index contributed by atoms with van der Waals surface area (Å²) in [4.78, 5) is 22.0. The van der Waals surface area contributed by atoms with Gasteiger partial charge in [-0.3, -0.25) is 4.79 Å². The smallest absolute Gasteiger partial charge is 0.224 e. The van der Waals surface area contributed by atoms with Gasteiger partial charge in [-0.15, -0.1) is 0 Å². The fraction of sp³-hybridized carbons (Fsp3) is 0.583. The lowest BCUT2D eigenvalue weighted by molar-refractivity contribution is -0.122. The number of aromatic nitrogens is 2. The van der Waals surface area contributed by atoms with Gasteiger partial charge in [-0.2, -0.15) is 4.98 Å². The van der Waals surface area contributed by atoms with Crippen LogP contribution in [0.4, 0.5) is 11.8 Å². The van der Waals surface area contributed by atoms with E-state index in [9.17, 15) is 4.79 Å². The van der Waals surface area contributed by atoms with Gasteiger partial charge in [-0.1, -0.05) is 0 Å². The third kappa shape index (κ3) is 3.34. The second-order valence-corrected chi connectivity index (χ2v) is 5.41. The molecule has 0 saturated carbocycles. The first-order valence-corrected chi connectivity index (χ1v) is 7.21. The SMILES string of the molecule is CCNc1ncc(Br)c(N2CCC(C(N)=O)CC2)n1. The topological polar surface area (TPSA) is 84.1 Å². The molecule has 104 valence electrons. The molecule has 1 aromatic rings. The van der Waals surface area contributed by atoms with Crippen molar-refractivity contribution in [1.82, 2.24) is 9.97 Å². The Balaban J connectivity index is 2.10. The Morgan fingerprint density at radius 2 is 2.26 bits per heavy atom. The highest BCUT2D eigenvalue weighted by molar-refractivity contribution is 9.10. The highest BCUT2D eigenvalue weighted by Crippen LogP contribution is 2.28. The van der Waals surface area contributed by atoms with Crippen LogP contribution in [0, 0.1) is 5.92 Å². The molecule has 1 aliphatic heterocycles. The fourth-order valence-electron chi connectivity index (χ4n) is 2.20. The molecule has 0 atom stereocenters. The van der Waals surface area contributed by atoms with Crippen molar-refractivity contribution in [2.75, 3.05) is 29.9 Å². The second kappa shape index (κ2) is 6.18. The van der Waals surface area contributed by atoms with Crippen molar-refractivity contribution in [3.63, 3.8) is 0 Å². The number of nitrogens with two attached hydrogens (primary N) is 1. The molecule has 1 amide bonds. The van der Waals surface area contributed by atoms with E-state index in [2.05, 4.69) is 36.1 Å². The maximum Gasteiger partial charge on any atom is 0.224 e. The molecule has 2 heterocycles. The molecule has 0 aromatic carbocycles. The third-order valence-electron chi connectivity index (χ3n) is 3.26. The Kier molecular flexibility index (Phi) is 4.57. The third-order valence-corrected chi connectivity index (χ3v) is 3.82. The van der Waals surface area contributed by atoms with Gasteiger partial charge in [0.15, 0.2) is 0 Å². The molecular weight excluding hydrogens is 310 g/mol. The van der Waals surface area contributed by atoms with E-state index in [4.69, 9.17) is 5.73 Å². The van der Waals surface area contributed by atoms with E-state index in [-0.39, 0.29) is 11.8 Å². The highest BCUT2D eigenvalue weighted by atomic mass is 79.9. The van der Waals surface area contributed by atoms with E-state index in [1.54, 1.807) is 6.20 Å². The summed E-state index contributed by atoms with van der Waals surface area (Å²) in [6, 6.07) is 0. The van der Waals surface area contributed by atoms with Gasteiger partial charge in [0.25, 0.3) is 0 Å². The van der Waals surface area contributed by atoms with Crippen LogP contribution in [0.5, 0.6) is 0 Å². The Morgan fingerprint density at radius 1 is 1.58 bits per heavy atom. The molecule has 0 bridgehead atoms. The van der Waals surface area contributed by atoms with Crippen molar-refractivity contribution >= 4 is 33.6 Å². The number of nitrogens with one attached hydrogen (secondary N) is 1. The number of halogens is 1. The summed E-state index contributed by atoms with van der Waals surface area (Å²) in [5, 5.41) is 3.10. The van der Waals surface area contributed by atoms with Crippen LogP contribution >= 0.6 is 15.9 Å². The van der Waals surface area contributed by atoms with Crippen LogP contribution in [0.25, 0.3) is 0 Å². The van der Waals surface area contributed by atoms with Crippen molar-refractivity contribution < 1.29 is 4.79 Å². The number of amides is 1. The van der Waals surface area contributed by atoms with Crippen molar-refractivity contribution in [2.45, 2.75) is 19.8 Å². The Labute approximate surface area is 120 Å². The van der Waals surface area contributed by atoms with Gasteiger partial charge in [-0.05, 0) is 35.7 Å². The molecule has 1 aromatic heterocycles. The first-order valence-electron chi connectivity index (χ1n) is 6.42. The molecule has 1 aliphatic rings. The van der Waals surface area contributed by atoms with Gasteiger partial charge in [0.1, 0.15) is 5.82 Å². The van der Waals surface area contributed by atoms with Gasteiger partial charge in [0.05, 0.1) is 4.47 Å². The molecule has 7 heteroatoms. The maximum absolute atomic E-state index is 11.2. The molecule has 0 aliphatic carbocycles. The van der Waals surface area contributed by atoms with E-state index < -0.39 is 0 Å². The van der Waals surface area contributed by atoms with E-state index in [0.29, 0.717) is 5.95 Å². The van der Waals surface area contributed by atoms with Gasteiger partial charge in [0, 0.05) is 31.7 Å². The molecule has 0 spiro atoms. The average molecular weight is 328 g/mol. The summed E-state index contributed by atoms with van der Waals surface area (Å²) in [6.45, 7) is 4.36. The number of anilines is 2. The van der Waals surface area contributed by atoms with E-state index >= 15 is 0 Å². The Hall–Kier alpha value is -1.37. The molecule has 3 N–H and O–H groups in total. The minimum atomic E-state index is -0.199. The van der Waals surface area contributed by atoms with Crippen molar-refractivity contribution in [3.05, 3.63) is 10.7 Å². The molecule has 0 unspecified atom stereocenters. The number of piperidine rings is 1. The van der Waals surface area contributed by atoms with Crippen LogP contribution < -0.4 is 16.0 Å². The summed E-state index contributed by atoms with van der Waals surface area (Å²) in [6.07, 6.45) is 3.31. The first-order chi connectivity index (χ1) is 9.11. The van der Waals surface area contributed by atoms with Crippen LogP contribution in [0.15, 0.2) is 10.7 Å². The summed E-state index contributed by atoms with van der Waals surface area (Å²) in [5.74, 6) is 1.28. The Bertz CT molecular complexity index is 459. The number of rotatable bonds is 4. The second-order valence-electron chi connectivity index (χ2n) is 4.56. The normalized spacial score (nSPS) is 16.4. The Morgan fingerprint density at radius 3 is 2.84 bits per heavy atom. The monoisotopic (exact) mass is 327 g/mol. The maximum atomic E-state index is 11.2. The van der Waals surface area contributed by atoms with E-state index in [1.807, 2.05) is 6.92 Å².